The molecular weight excluding hydrogens is 415 g/mol. The van der Waals surface area contributed by atoms with Crippen molar-refractivity contribution in [1.82, 2.24) is 14.5 Å². The molecule has 1 saturated heterocycles. The second kappa shape index (κ2) is 7.49. The minimum absolute atomic E-state index is 0.0325. The molecule has 4 rings (SSSR count). The lowest BCUT2D eigenvalue weighted by molar-refractivity contribution is 0.0695. The number of piperazine rings is 1. The number of carbonyl (C=O) groups is 1. The summed E-state index contributed by atoms with van der Waals surface area (Å²) in [5.74, 6) is -4.41. The Kier molecular flexibility index (Phi) is 5.08. The summed E-state index contributed by atoms with van der Waals surface area (Å²) in [4.78, 5) is 24.2. The third-order valence-electron chi connectivity index (χ3n) is 5.45. The predicted octanol–water partition coefficient (Wildman–Crippen LogP) is 2.90. The van der Waals surface area contributed by atoms with E-state index in [9.17, 15) is 28.7 Å². The average Bonchev–Trinajstić information content (AvgIpc) is 2.68. The number of aromatic nitrogens is 1. The molecule has 10 heteroatoms. The first-order chi connectivity index (χ1) is 14.6. The molecule has 0 aliphatic carbocycles. The molecular formula is C21H18F3N3O4. The number of nitrogens with zero attached hydrogens (tertiary/aromatic N) is 2. The van der Waals surface area contributed by atoms with Gasteiger partial charge in [-0.05, 0) is 25.1 Å². The van der Waals surface area contributed by atoms with Gasteiger partial charge >= 0.3 is 5.97 Å². The van der Waals surface area contributed by atoms with Crippen LogP contribution in [0.4, 0.5) is 18.9 Å². The van der Waals surface area contributed by atoms with Gasteiger partial charge < -0.3 is 24.8 Å². The third kappa shape index (κ3) is 3.58. The van der Waals surface area contributed by atoms with Gasteiger partial charge in [0.15, 0.2) is 11.5 Å². The molecule has 0 amide bonds. The number of hydroxylamine groups is 2. The van der Waals surface area contributed by atoms with Crippen LogP contribution in [-0.4, -0.2) is 41.3 Å². The van der Waals surface area contributed by atoms with Crippen LogP contribution in [0.3, 0.4) is 0 Å². The Balaban J connectivity index is 2.07. The van der Waals surface area contributed by atoms with Crippen molar-refractivity contribution < 1.29 is 23.1 Å². The number of fused-ring (bicyclic) bond motifs is 1. The molecule has 0 radical (unpaired) electrons. The maximum absolute atomic E-state index is 15.0. The van der Waals surface area contributed by atoms with Crippen LogP contribution in [-0.2, 0) is 0 Å². The molecule has 162 valence electrons. The summed E-state index contributed by atoms with van der Waals surface area (Å²) < 4.78 is 42.9. The summed E-state index contributed by atoms with van der Waals surface area (Å²) in [6, 6.07) is 4.40. The zero-order valence-corrected chi connectivity index (χ0v) is 16.4. The van der Waals surface area contributed by atoms with Crippen molar-refractivity contribution in [3.05, 3.63) is 75.0 Å². The van der Waals surface area contributed by atoms with E-state index in [-0.39, 0.29) is 41.4 Å². The lowest BCUT2D eigenvalue weighted by atomic mass is 10.1. The second-order valence-corrected chi connectivity index (χ2v) is 7.61. The number of pyridine rings is 1. The Morgan fingerprint density at radius 1 is 1.23 bits per heavy atom. The Hall–Kier alpha value is -3.21. The average molecular weight is 433 g/mol. The van der Waals surface area contributed by atoms with Crippen LogP contribution < -0.4 is 15.4 Å². The van der Waals surface area contributed by atoms with Gasteiger partial charge in [0.25, 0.3) is 0 Å². The topological polar surface area (TPSA) is 94.4 Å². The van der Waals surface area contributed by atoms with Gasteiger partial charge in [-0.15, -0.1) is 0 Å². The summed E-state index contributed by atoms with van der Waals surface area (Å²) >= 11 is 0. The lowest BCUT2D eigenvalue weighted by Crippen LogP contribution is -2.59. The molecule has 2 N–H and O–H groups in total. The molecule has 3 aromatic rings. The van der Waals surface area contributed by atoms with E-state index in [1.54, 1.807) is 6.92 Å². The first kappa shape index (κ1) is 21.0. The van der Waals surface area contributed by atoms with Gasteiger partial charge in [0, 0.05) is 24.9 Å². The van der Waals surface area contributed by atoms with Crippen LogP contribution in [0.25, 0.3) is 16.6 Å². The van der Waals surface area contributed by atoms with Gasteiger partial charge in [0.2, 0.25) is 5.43 Å². The minimum Gasteiger partial charge on any atom is -0.627 e. The third-order valence-corrected chi connectivity index (χ3v) is 5.45. The smallest absolute Gasteiger partial charge is 0.341 e. The van der Waals surface area contributed by atoms with E-state index in [2.05, 4.69) is 5.32 Å². The van der Waals surface area contributed by atoms with Crippen molar-refractivity contribution in [3.63, 3.8) is 0 Å². The quantitative estimate of drug-likeness (QED) is 0.489. The summed E-state index contributed by atoms with van der Waals surface area (Å²) in [6.45, 7) is 2.20. The number of carboxylic acid groups (broad SMARTS) is 1. The standard InChI is InChI=1S/C21H18F3N3O4/c1-11-10-27(31,5-4-25-11)19-8-18-13(7-16(19)24)20(28)14(21(29)30)9-26(18)17-3-2-12(22)6-15(17)23/h2-3,6-9,11,25H,4-5,10H2,1H3,(H,29,30). The molecule has 0 bridgehead atoms. The highest BCUT2D eigenvalue weighted by molar-refractivity contribution is 5.94. The van der Waals surface area contributed by atoms with E-state index in [0.29, 0.717) is 12.6 Å². The van der Waals surface area contributed by atoms with E-state index in [1.807, 2.05) is 0 Å². The van der Waals surface area contributed by atoms with Crippen molar-refractivity contribution in [2.75, 3.05) is 19.6 Å². The largest absolute Gasteiger partial charge is 0.627 e. The lowest BCUT2D eigenvalue weighted by Gasteiger charge is -2.47. The monoisotopic (exact) mass is 433 g/mol. The van der Waals surface area contributed by atoms with Crippen molar-refractivity contribution in [3.8, 4) is 5.69 Å². The number of carboxylic acids is 1. The van der Waals surface area contributed by atoms with Crippen molar-refractivity contribution in [2.24, 2.45) is 0 Å². The van der Waals surface area contributed by atoms with Crippen LogP contribution in [0.1, 0.15) is 17.3 Å². The SMILES string of the molecule is CC1C[N+]([O-])(c2cc3c(cc2F)c(=O)c(C(=O)O)cn3-c2ccc(F)cc2F)CCN1. The van der Waals surface area contributed by atoms with E-state index in [0.717, 1.165) is 35.0 Å². The first-order valence-corrected chi connectivity index (χ1v) is 9.50. The molecule has 7 nitrogen and oxygen atoms in total. The van der Waals surface area contributed by atoms with Gasteiger partial charge in [-0.1, -0.05) is 0 Å². The van der Waals surface area contributed by atoms with Crippen LogP contribution in [0, 0.1) is 22.7 Å². The minimum atomic E-state index is -1.59. The molecule has 1 fully saturated rings. The number of nitrogens with one attached hydrogen (secondary N) is 1. The summed E-state index contributed by atoms with van der Waals surface area (Å²) in [5, 5.41) is 25.5. The molecule has 2 heterocycles. The van der Waals surface area contributed by atoms with Gasteiger partial charge in [0.05, 0.1) is 35.7 Å². The predicted molar refractivity (Wildman–Crippen MR) is 109 cm³/mol. The Bertz CT molecular complexity index is 1280. The van der Waals surface area contributed by atoms with E-state index in [1.165, 1.54) is 0 Å². The van der Waals surface area contributed by atoms with Crippen molar-refractivity contribution >= 4 is 22.6 Å². The highest BCUT2D eigenvalue weighted by Gasteiger charge is 2.32. The Labute approximate surface area is 174 Å². The molecule has 2 aromatic carbocycles. The highest BCUT2D eigenvalue weighted by atomic mass is 19.1. The normalized spacial score (nSPS) is 21.4. The van der Waals surface area contributed by atoms with E-state index < -0.39 is 39.1 Å². The first-order valence-electron chi connectivity index (χ1n) is 9.50. The number of rotatable bonds is 3. The molecule has 0 spiro atoms. The Morgan fingerprint density at radius 3 is 2.61 bits per heavy atom. The number of benzene rings is 2. The molecule has 1 aliphatic rings. The zero-order chi connectivity index (χ0) is 22.5. The zero-order valence-electron chi connectivity index (χ0n) is 16.4. The Morgan fingerprint density at radius 2 is 1.97 bits per heavy atom. The molecule has 2 unspecified atom stereocenters. The summed E-state index contributed by atoms with van der Waals surface area (Å²) in [7, 11) is 0. The maximum Gasteiger partial charge on any atom is 0.341 e. The van der Waals surface area contributed by atoms with Crippen molar-refractivity contribution in [1.29, 1.82) is 0 Å². The number of hydrogen-bond donors (Lipinski definition) is 2. The number of hydrogen-bond acceptors (Lipinski definition) is 4. The molecule has 2 atom stereocenters. The van der Waals surface area contributed by atoms with Gasteiger partial charge in [0.1, 0.15) is 17.2 Å². The van der Waals surface area contributed by atoms with Crippen LogP contribution >= 0.6 is 0 Å². The van der Waals surface area contributed by atoms with Crippen molar-refractivity contribution in [2.45, 2.75) is 13.0 Å². The van der Waals surface area contributed by atoms with E-state index >= 15 is 4.39 Å². The van der Waals surface area contributed by atoms with Gasteiger partial charge in [-0.2, -0.15) is 0 Å². The van der Waals surface area contributed by atoms with E-state index in [4.69, 9.17) is 0 Å². The number of halogens is 3. The van der Waals surface area contributed by atoms with Crippen LogP contribution in [0.5, 0.6) is 0 Å². The molecule has 1 aliphatic heterocycles. The highest BCUT2D eigenvalue weighted by Crippen LogP contribution is 2.32. The van der Waals surface area contributed by atoms with Crippen LogP contribution in [0.2, 0.25) is 0 Å². The van der Waals surface area contributed by atoms with Gasteiger partial charge in [-0.25, -0.2) is 18.0 Å². The second-order valence-electron chi connectivity index (χ2n) is 7.61. The number of aromatic carboxylic acids is 1. The van der Waals surface area contributed by atoms with Crippen LogP contribution in [0.15, 0.2) is 41.3 Å². The molecule has 0 saturated carbocycles. The molecule has 1 aromatic heterocycles. The fourth-order valence-electron chi connectivity index (χ4n) is 3.98. The summed E-state index contributed by atoms with van der Waals surface area (Å²) in [6.07, 6.45) is 0.889. The van der Waals surface area contributed by atoms with Gasteiger partial charge in [-0.3, -0.25) is 4.79 Å². The fourth-order valence-corrected chi connectivity index (χ4v) is 3.98. The number of quaternary nitrogens is 1. The summed E-state index contributed by atoms with van der Waals surface area (Å²) in [5.41, 5.74) is -2.25. The maximum atomic E-state index is 15.0. The molecule has 31 heavy (non-hydrogen) atoms. The fraction of sp³-hybridized carbons (Fsp3) is 0.238.